The lowest BCUT2D eigenvalue weighted by Crippen LogP contribution is -2.30. The van der Waals surface area contributed by atoms with E-state index in [1.807, 2.05) is 84.9 Å². The minimum atomic E-state index is -0.0100. The van der Waals surface area contributed by atoms with E-state index in [9.17, 15) is 4.79 Å². The highest BCUT2D eigenvalue weighted by Crippen LogP contribution is 2.12. The number of hydrazone groups is 1. The van der Waals surface area contributed by atoms with Crippen molar-refractivity contribution in [3.8, 4) is 5.75 Å². The molecule has 3 aromatic carbocycles. The number of para-hydroxylation sites is 1. The predicted molar refractivity (Wildman–Crippen MR) is 117 cm³/mol. The third-order valence-electron chi connectivity index (χ3n) is 4.45. The SMILES string of the molecule is COc1ccc(CCC(=O)NC/C(=N\Nc2ccccc2)c2ccccc2)cc1. The van der Waals surface area contributed by atoms with E-state index in [0.29, 0.717) is 19.4 Å². The van der Waals surface area contributed by atoms with Crippen LogP contribution in [0.2, 0.25) is 0 Å². The van der Waals surface area contributed by atoms with Gasteiger partial charge in [-0.25, -0.2) is 0 Å². The van der Waals surface area contributed by atoms with Crippen LogP contribution in [0.25, 0.3) is 0 Å². The van der Waals surface area contributed by atoms with Crippen molar-refractivity contribution in [1.82, 2.24) is 5.32 Å². The van der Waals surface area contributed by atoms with Gasteiger partial charge in [0.15, 0.2) is 0 Å². The molecule has 0 aromatic heterocycles. The fourth-order valence-electron chi connectivity index (χ4n) is 2.80. The summed E-state index contributed by atoms with van der Waals surface area (Å²) in [7, 11) is 1.64. The second-order valence-corrected chi connectivity index (χ2v) is 6.53. The number of carbonyl (C=O) groups is 1. The van der Waals surface area contributed by atoms with Crippen LogP contribution in [0.5, 0.6) is 5.75 Å². The number of anilines is 1. The molecule has 0 bridgehead atoms. The van der Waals surface area contributed by atoms with Crippen LogP contribution < -0.4 is 15.5 Å². The van der Waals surface area contributed by atoms with Crippen LogP contribution in [0.15, 0.2) is 90.0 Å². The van der Waals surface area contributed by atoms with Gasteiger partial charge in [-0.1, -0.05) is 60.7 Å². The van der Waals surface area contributed by atoms with Crippen molar-refractivity contribution in [2.24, 2.45) is 5.10 Å². The number of benzene rings is 3. The Kier molecular flexibility index (Phi) is 7.41. The molecule has 29 heavy (non-hydrogen) atoms. The molecule has 0 aliphatic carbocycles. The van der Waals surface area contributed by atoms with Crippen molar-refractivity contribution in [3.05, 3.63) is 96.1 Å². The van der Waals surface area contributed by atoms with Crippen molar-refractivity contribution >= 4 is 17.3 Å². The molecule has 3 rings (SSSR count). The van der Waals surface area contributed by atoms with Gasteiger partial charge in [0.2, 0.25) is 5.91 Å². The number of aryl methyl sites for hydroxylation is 1. The normalized spacial score (nSPS) is 11.0. The third kappa shape index (κ3) is 6.50. The molecule has 0 unspecified atom stereocenters. The number of nitrogens with zero attached hydrogens (tertiary/aromatic N) is 1. The molecule has 0 heterocycles. The van der Waals surface area contributed by atoms with E-state index in [-0.39, 0.29) is 5.91 Å². The van der Waals surface area contributed by atoms with E-state index in [1.165, 1.54) is 0 Å². The fraction of sp³-hybridized carbons (Fsp3) is 0.167. The van der Waals surface area contributed by atoms with Crippen LogP contribution in [0, 0.1) is 0 Å². The van der Waals surface area contributed by atoms with Crippen LogP contribution in [0.3, 0.4) is 0 Å². The Morgan fingerprint density at radius 2 is 1.55 bits per heavy atom. The first kappa shape index (κ1) is 20.1. The van der Waals surface area contributed by atoms with Crippen LogP contribution in [-0.2, 0) is 11.2 Å². The van der Waals surface area contributed by atoms with E-state index in [0.717, 1.165) is 28.3 Å². The van der Waals surface area contributed by atoms with Gasteiger partial charge in [0.1, 0.15) is 5.75 Å². The minimum Gasteiger partial charge on any atom is -0.497 e. The van der Waals surface area contributed by atoms with Crippen LogP contribution in [0.1, 0.15) is 17.5 Å². The lowest BCUT2D eigenvalue weighted by molar-refractivity contribution is -0.120. The second kappa shape index (κ2) is 10.7. The number of amides is 1. The number of carbonyl (C=O) groups excluding carboxylic acids is 1. The van der Waals surface area contributed by atoms with Crippen molar-refractivity contribution in [1.29, 1.82) is 0 Å². The number of hydrogen-bond donors (Lipinski definition) is 2. The molecule has 148 valence electrons. The summed E-state index contributed by atoms with van der Waals surface area (Å²) in [5, 5.41) is 7.49. The zero-order valence-electron chi connectivity index (χ0n) is 16.5. The van der Waals surface area contributed by atoms with Gasteiger partial charge in [-0.05, 0) is 41.8 Å². The standard InChI is InChI=1S/C24H25N3O2/c1-29-22-15-12-19(13-16-22)14-17-24(28)25-18-23(20-8-4-2-5-9-20)27-26-21-10-6-3-7-11-21/h2-13,15-16,26H,14,17-18H2,1H3,(H,25,28)/b27-23+. The van der Waals surface area contributed by atoms with E-state index in [2.05, 4.69) is 15.8 Å². The number of nitrogens with one attached hydrogen (secondary N) is 2. The van der Waals surface area contributed by atoms with Crippen molar-refractivity contribution in [3.63, 3.8) is 0 Å². The number of hydrogen-bond acceptors (Lipinski definition) is 4. The molecular weight excluding hydrogens is 362 g/mol. The molecule has 0 spiro atoms. The van der Waals surface area contributed by atoms with Crippen molar-refractivity contribution in [2.45, 2.75) is 12.8 Å². The smallest absolute Gasteiger partial charge is 0.220 e. The first-order valence-corrected chi connectivity index (χ1v) is 9.57. The zero-order chi connectivity index (χ0) is 20.3. The van der Waals surface area contributed by atoms with Gasteiger partial charge < -0.3 is 10.1 Å². The molecule has 5 heteroatoms. The summed E-state index contributed by atoms with van der Waals surface area (Å²) in [5.74, 6) is 0.803. The Hall–Kier alpha value is -3.60. The van der Waals surface area contributed by atoms with Gasteiger partial charge in [0.05, 0.1) is 25.1 Å². The number of rotatable bonds is 9. The van der Waals surface area contributed by atoms with E-state index in [4.69, 9.17) is 4.74 Å². The van der Waals surface area contributed by atoms with E-state index >= 15 is 0 Å². The molecule has 3 aromatic rings. The quantitative estimate of drug-likeness (QED) is 0.426. The largest absolute Gasteiger partial charge is 0.497 e. The van der Waals surface area contributed by atoms with Crippen LogP contribution in [-0.4, -0.2) is 25.3 Å². The monoisotopic (exact) mass is 387 g/mol. The lowest BCUT2D eigenvalue weighted by Gasteiger charge is -2.10. The van der Waals surface area contributed by atoms with E-state index in [1.54, 1.807) is 7.11 Å². The number of ether oxygens (including phenoxy) is 1. The highest BCUT2D eigenvalue weighted by Gasteiger charge is 2.08. The molecule has 1 amide bonds. The summed E-state index contributed by atoms with van der Waals surface area (Å²) in [5.41, 5.74) is 6.79. The Labute approximate surface area is 171 Å². The summed E-state index contributed by atoms with van der Waals surface area (Å²) in [6.45, 7) is 0.352. The minimum absolute atomic E-state index is 0.0100. The summed E-state index contributed by atoms with van der Waals surface area (Å²) in [6.07, 6.45) is 1.09. The molecule has 5 nitrogen and oxygen atoms in total. The second-order valence-electron chi connectivity index (χ2n) is 6.53. The molecule has 0 fully saturated rings. The molecule has 0 atom stereocenters. The van der Waals surface area contributed by atoms with Gasteiger partial charge in [-0.15, -0.1) is 0 Å². The van der Waals surface area contributed by atoms with Gasteiger partial charge in [-0.3, -0.25) is 10.2 Å². The van der Waals surface area contributed by atoms with Crippen LogP contribution in [0.4, 0.5) is 5.69 Å². The van der Waals surface area contributed by atoms with Crippen molar-refractivity contribution < 1.29 is 9.53 Å². The van der Waals surface area contributed by atoms with Gasteiger partial charge in [0, 0.05) is 6.42 Å². The molecule has 0 radical (unpaired) electrons. The van der Waals surface area contributed by atoms with Crippen LogP contribution >= 0.6 is 0 Å². The van der Waals surface area contributed by atoms with Gasteiger partial charge >= 0.3 is 0 Å². The average molecular weight is 387 g/mol. The van der Waals surface area contributed by atoms with Gasteiger partial charge in [-0.2, -0.15) is 5.10 Å². The highest BCUT2D eigenvalue weighted by molar-refractivity contribution is 6.03. The predicted octanol–water partition coefficient (Wildman–Crippen LogP) is 4.26. The maximum absolute atomic E-state index is 12.3. The Morgan fingerprint density at radius 3 is 2.21 bits per heavy atom. The molecule has 0 aliphatic rings. The molecule has 0 saturated heterocycles. The molecule has 0 saturated carbocycles. The summed E-state index contributed by atoms with van der Waals surface area (Å²) >= 11 is 0. The fourth-order valence-corrected chi connectivity index (χ4v) is 2.80. The number of methoxy groups -OCH3 is 1. The van der Waals surface area contributed by atoms with Crippen molar-refractivity contribution in [2.75, 3.05) is 19.1 Å². The average Bonchev–Trinajstić information content (AvgIpc) is 2.79. The Morgan fingerprint density at radius 1 is 0.897 bits per heavy atom. The topological polar surface area (TPSA) is 62.7 Å². The summed E-state index contributed by atoms with van der Waals surface area (Å²) < 4.78 is 5.16. The lowest BCUT2D eigenvalue weighted by atomic mass is 10.1. The van der Waals surface area contributed by atoms with Gasteiger partial charge in [0.25, 0.3) is 0 Å². The molecule has 2 N–H and O–H groups in total. The molecule has 0 aliphatic heterocycles. The maximum atomic E-state index is 12.3. The first-order valence-electron chi connectivity index (χ1n) is 9.57. The first-order chi connectivity index (χ1) is 14.2. The van der Waals surface area contributed by atoms with E-state index < -0.39 is 0 Å². The zero-order valence-corrected chi connectivity index (χ0v) is 16.5. The summed E-state index contributed by atoms with van der Waals surface area (Å²) in [4.78, 5) is 12.3. The Bertz CT molecular complexity index is 923. The summed E-state index contributed by atoms with van der Waals surface area (Å²) in [6, 6.07) is 27.3. The highest BCUT2D eigenvalue weighted by atomic mass is 16.5. The third-order valence-corrected chi connectivity index (χ3v) is 4.45. The maximum Gasteiger partial charge on any atom is 0.220 e. The Balaban J connectivity index is 1.57. The molecular formula is C24H25N3O2.